The number of carbonyl (C=O) groups is 2. The molecule has 2 nitrogen and oxygen atoms in total. The third kappa shape index (κ3) is 2.26. The summed E-state index contributed by atoms with van der Waals surface area (Å²) >= 11 is 2.98. The second-order valence-electron chi connectivity index (χ2n) is 2.81. The molecule has 0 fully saturated rings. The fourth-order valence-electron chi connectivity index (χ4n) is 1.05. The second kappa shape index (κ2) is 4.46. The Kier molecular flexibility index (Phi) is 3.52. The average molecular weight is 259 g/mol. The maximum absolute atomic E-state index is 13.2. The van der Waals surface area contributed by atoms with E-state index in [1.165, 1.54) is 19.1 Å². The standard InChI is InChI=1S/C10H8BrFO2/c1-6(13)8-3-2-7(4-9(8)12)10(14)5-11/h2-4H,5H2,1H3. The van der Waals surface area contributed by atoms with Crippen molar-refractivity contribution in [2.45, 2.75) is 6.92 Å². The first-order valence-electron chi connectivity index (χ1n) is 3.96. The van der Waals surface area contributed by atoms with Crippen LogP contribution in [-0.2, 0) is 0 Å². The van der Waals surface area contributed by atoms with E-state index < -0.39 is 5.82 Å². The molecule has 0 aromatic heterocycles. The number of Topliss-reactive ketones (excluding diaryl/α,β-unsaturated/α-hetero) is 2. The highest BCUT2D eigenvalue weighted by atomic mass is 79.9. The van der Waals surface area contributed by atoms with Gasteiger partial charge in [0.1, 0.15) is 5.82 Å². The maximum atomic E-state index is 13.2. The van der Waals surface area contributed by atoms with Crippen LogP contribution in [0.4, 0.5) is 4.39 Å². The second-order valence-corrected chi connectivity index (χ2v) is 3.37. The minimum absolute atomic E-state index is 0.0103. The largest absolute Gasteiger partial charge is 0.294 e. The van der Waals surface area contributed by atoms with Crippen molar-refractivity contribution < 1.29 is 14.0 Å². The van der Waals surface area contributed by atoms with Gasteiger partial charge < -0.3 is 0 Å². The van der Waals surface area contributed by atoms with Crippen molar-refractivity contribution in [1.29, 1.82) is 0 Å². The van der Waals surface area contributed by atoms with Gasteiger partial charge in [0.2, 0.25) is 0 Å². The van der Waals surface area contributed by atoms with Crippen molar-refractivity contribution in [1.82, 2.24) is 0 Å². The smallest absolute Gasteiger partial charge is 0.173 e. The lowest BCUT2D eigenvalue weighted by atomic mass is 10.1. The van der Waals surface area contributed by atoms with E-state index in [0.29, 0.717) is 0 Å². The van der Waals surface area contributed by atoms with Crippen LogP contribution in [0, 0.1) is 5.82 Å². The summed E-state index contributed by atoms with van der Waals surface area (Å²) < 4.78 is 13.2. The summed E-state index contributed by atoms with van der Waals surface area (Å²) in [7, 11) is 0. The van der Waals surface area contributed by atoms with Gasteiger partial charge >= 0.3 is 0 Å². The predicted octanol–water partition coefficient (Wildman–Crippen LogP) is 2.61. The molecule has 0 amide bonds. The van der Waals surface area contributed by atoms with Crippen LogP contribution in [0.15, 0.2) is 18.2 Å². The van der Waals surface area contributed by atoms with Crippen molar-refractivity contribution in [2.24, 2.45) is 0 Å². The number of alkyl halides is 1. The zero-order valence-corrected chi connectivity index (χ0v) is 9.10. The molecule has 0 saturated heterocycles. The number of halogens is 2. The molecule has 0 saturated carbocycles. The molecule has 0 spiro atoms. The summed E-state index contributed by atoms with van der Waals surface area (Å²) in [5.41, 5.74) is 0.278. The highest BCUT2D eigenvalue weighted by Gasteiger charge is 2.10. The van der Waals surface area contributed by atoms with Crippen LogP contribution in [0.3, 0.4) is 0 Å². The van der Waals surface area contributed by atoms with E-state index in [1.54, 1.807) is 0 Å². The van der Waals surface area contributed by atoms with Gasteiger partial charge in [-0.25, -0.2) is 4.39 Å². The van der Waals surface area contributed by atoms with Crippen molar-refractivity contribution in [2.75, 3.05) is 5.33 Å². The van der Waals surface area contributed by atoms with Crippen molar-refractivity contribution in [3.63, 3.8) is 0 Å². The highest BCUT2D eigenvalue weighted by Crippen LogP contribution is 2.12. The summed E-state index contributed by atoms with van der Waals surface area (Å²) in [5.74, 6) is -1.20. The number of carbonyl (C=O) groups excluding carboxylic acids is 2. The SMILES string of the molecule is CC(=O)c1ccc(C(=O)CBr)cc1F. The molecule has 0 heterocycles. The van der Waals surface area contributed by atoms with E-state index in [4.69, 9.17) is 0 Å². The molecular weight excluding hydrogens is 251 g/mol. The average Bonchev–Trinajstić information content (AvgIpc) is 2.15. The third-order valence-electron chi connectivity index (χ3n) is 1.79. The highest BCUT2D eigenvalue weighted by molar-refractivity contribution is 9.09. The molecule has 14 heavy (non-hydrogen) atoms. The number of benzene rings is 1. The Labute approximate surface area is 89.2 Å². The van der Waals surface area contributed by atoms with Crippen molar-refractivity contribution in [3.05, 3.63) is 35.1 Å². The molecule has 0 bridgehead atoms. The maximum Gasteiger partial charge on any atom is 0.173 e. The Morgan fingerprint density at radius 3 is 2.50 bits per heavy atom. The van der Waals surface area contributed by atoms with Crippen LogP contribution in [0.25, 0.3) is 0 Å². The third-order valence-corrected chi connectivity index (χ3v) is 2.30. The molecule has 4 heteroatoms. The van der Waals surface area contributed by atoms with Gasteiger partial charge in [0.15, 0.2) is 11.6 Å². The Hall–Kier alpha value is -1.03. The fraction of sp³-hybridized carbons (Fsp3) is 0.200. The first-order chi connectivity index (χ1) is 6.56. The summed E-state index contributed by atoms with van der Waals surface area (Å²) in [4.78, 5) is 22.0. The minimum Gasteiger partial charge on any atom is -0.294 e. The molecule has 0 radical (unpaired) electrons. The Morgan fingerprint density at radius 2 is 2.07 bits per heavy atom. The molecule has 0 atom stereocenters. The molecule has 1 aromatic rings. The van der Waals surface area contributed by atoms with Gasteiger partial charge in [0.05, 0.1) is 10.9 Å². The van der Waals surface area contributed by atoms with Crippen LogP contribution in [0.2, 0.25) is 0 Å². The van der Waals surface area contributed by atoms with Crippen LogP contribution < -0.4 is 0 Å². The zero-order valence-electron chi connectivity index (χ0n) is 7.51. The summed E-state index contributed by atoms with van der Waals surface area (Å²) in [6.45, 7) is 1.28. The molecule has 74 valence electrons. The van der Waals surface area contributed by atoms with Crippen LogP contribution in [0.5, 0.6) is 0 Å². The van der Waals surface area contributed by atoms with Gasteiger partial charge in [0.25, 0.3) is 0 Å². The molecule has 1 aromatic carbocycles. The molecule has 1 rings (SSSR count). The molecule has 0 aliphatic carbocycles. The molecule has 0 N–H and O–H groups in total. The van der Waals surface area contributed by atoms with Gasteiger partial charge in [-0.05, 0) is 19.1 Å². The van der Waals surface area contributed by atoms with E-state index in [2.05, 4.69) is 15.9 Å². The fourth-order valence-corrected chi connectivity index (χ4v) is 1.37. The van der Waals surface area contributed by atoms with E-state index >= 15 is 0 Å². The van der Waals surface area contributed by atoms with Gasteiger partial charge in [0, 0.05) is 5.56 Å². The Balaban J connectivity index is 3.12. The van der Waals surface area contributed by atoms with E-state index in [1.807, 2.05) is 0 Å². The minimum atomic E-state index is -0.649. The van der Waals surface area contributed by atoms with Crippen molar-refractivity contribution in [3.8, 4) is 0 Å². The summed E-state index contributed by atoms with van der Waals surface area (Å²) in [6, 6.07) is 3.86. The molecule has 0 aliphatic heterocycles. The predicted molar refractivity (Wildman–Crippen MR) is 54.5 cm³/mol. The quantitative estimate of drug-likeness (QED) is 0.617. The number of hydrogen-bond donors (Lipinski definition) is 0. The zero-order chi connectivity index (χ0) is 10.7. The lowest BCUT2D eigenvalue weighted by Gasteiger charge is -2.01. The number of rotatable bonds is 3. The van der Waals surface area contributed by atoms with Gasteiger partial charge in [-0.1, -0.05) is 22.0 Å². The molecule has 0 aliphatic rings. The Morgan fingerprint density at radius 1 is 1.43 bits per heavy atom. The van der Waals surface area contributed by atoms with Crippen molar-refractivity contribution >= 4 is 27.5 Å². The number of ketones is 2. The van der Waals surface area contributed by atoms with Crippen LogP contribution in [0.1, 0.15) is 27.6 Å². The van der Waals surface area contributed by atoms with Gasteiger partial charge in [-0.3, -0.25) is 9.59 Å². The van der Waals surface area contributed by atoms with Gasteiger partial charge in [-0.15, -0.1) is 0 Å². The normalized spacial score (nSPS) is 9.93. The van der Waals surface area contributed by atoms with E-state index in [0.717, 1.165) is 6.07 Å². The lowest BCUT2D eigenvalue weighted by Crippen LogP contribution is -2.03. The first kappa shape index (κ1) is 11.0. The summed E-state index contributed by atoms with van der Waals surface area (Å²) in [6.07, 6.45) is 0. The van der Waals surface area contributed by atoms with Crippen LogP contribution in [-0.4, -0.2) is 16.9 Å². The lowest BCUT2D eigenvalue weighted by molar-refractivity contribution is 0.100. The summed E-state index contributed by atoms with van der Waals surface area (Å²) in [5, 5.41) is 0.145. The van der Waals surface area contributed by atoms with Crippen LogP contribution >= 0.6 is 15.9 Å². The topological polar surface area (TPSA) is 34.1 Å². The molecular formula is C10H8BrFO2. The van der Waals surface area contributed by atoms with Gasteiger partial charge in [-0.2, -0.15) is 0 Å². The monoisotopic (exact) mass is 258 g/mol. The first-order valence-corrected chi connectivity index (χ1v) is 5.08. The Bertz CT molecular complexity index is 388. The number of hydrogen-bond acceptors (Lipinski definition) is 2. The van der Waals surface area contributed by atoms with E-state index in [9.17, 15) is 14.0 Å². The molecule has 0 unspecified atom stereocenters. The van der Waals surface area contributed by atoms with E-state index in [-0.39, 0.29) is 28.0 Å².